The zero-order valence-electron chi connectivity index (χ0n) is 14.5. The van der Waals surface area contributed by atoms with Gasteiger partial charge in [-0.15, -0.1) is 0 Å². The fraction of sp³-hybridized carbons (Fsp3) is 0.143. The van der Waals surface area contributed by atoms with Crippen molar-refractivity contribution in [1.82, 2.24) is 5.16 Å². The molecule has 0 radical (unpaired) electrons. The summed E-state index contributed by atoms with van der Waals surface area (Å²) in [4.78, 5) is 12.2. The Balaban J connectivity index is 1.47. The molecule has 0 saturated heterocycles. The molecule has 2 heterocycles. The number of nitrogens with zero attached hydrogens (tertiary/aromatic N) is 1. The van der Waals surface area contributed by atoms with E-state index in [-0.39, 0.29) is 12.6 Å². The number of carbonyl (C=O) groups is 1. The number of benzene rings is 2. The van der Waals surface area contributed by atoms with Crippen molar-refractivity contribution in [2.45, 2.75) is 20.5 Å². The van der Waals surface area contributed by atoms with E-state index in [1.165, 1.54) is 0 Å². The van der Waals surface area contributed by atoms with Crippen LogP contribution in [0, 0.1) is 13.8 Å². The van der Waals surface area contributed by atoms with E-state index in [2.05, 4.69) is 5.16 Å². The Kier molecular flexibility index (Phi) is 4.05. The number of rotatable bonds is 4. The first-order chi connectivity index (χ1) is 12.6. The van der Waals surface area contributed by atoms with Gasteiger partial charge in [0.15, 0.2) is 5.76 Å². The van der Waals surface area contributed by atoms with Gasteiger partial charge in [0.2, 0.25) is 5.76 Å². The van der Waals surface area contributed by atoms with Gasteiger partial charge in [0.25, 0.3) is 0 Å². The van der Waals surface area contributed by atoms with Crippen LogP contribution < -0.4 is 0 Å². The second kappa shape index (κ2) is 6.52. The van der Waals surface area contributed by atoms with Crippen LogP contribution in [0.2, 0.25) is 0 Å². The molecule has 0 aliphatic heterocycles. The quantitative estimate of drug-likeness (QED) is 0.483. The van der Waals surface area contributed by atoms with Gasteiger partial charge in [0.1, 0.15) is 17.9 Å². The number of esters is 1. The second-order valence-electron chi connectivity index (χ2n) is 6.28. The molecule has 0 aliphatic rings. The molecule has 2 aromatic heterocycles. The highest BCUT2D eigenvalue weighted by Gasteiger charge is 2.14. The van der Waals surface area contributed by atoms with Gasteiger partial charge in [-0.05, 0) is 38.1 Å². The minimum atomic E-state index is -0.384. The number of aryl methyl sites for hydroxylation is 2. The summed E-state index contributed by atoms with van der Waals surface area (Å²) in [6, 6.07) is 16.9. The Hall–Kier alpha value is -3.34. The molecule has 5 nitrogen and oxygen atoms in total. The summed E-state index contributed by atoms with van der Waals surface area (Å²) >= 11 is 0. The molecule has 2 aromatic carbocycles. The summed E-state index contributed by atoms with van der Waals surface area (Å²) in [5, 5.41) is 4.94. The predicted molar refractivity (Wildman–Crippen MR) is 96.7 cm³/mol. The molecule has 130 valence electrons. The van der Waals surface area contributed by atoms with E-state index in [0.717, 1.165) is 22.1 Å². The molecule has 0 bridgehead atoms. The third kappa shape index (κ3) is 3.24. The third-order valence-corrected chi connectivity index (χ3v) is 4.04. The van der Waals surface area contributed by atoms with Crippen LogP contribution >= 0.6 is 0 Å². The van der Waals surface area contributed by atoms with Gasteiger partial charge in [0, 0.05) is 11.5 Å². The smallest absolute Gasteiger partial charge is 0.338 e. The van der Waals surface area contributed by atoms with Gasteiger partial charge < -0.3 is 13.7 Å². The van der Waals surface area contributed by atoms with Crippen LogP contribution in [0.3, 0.4) is 0 Å². The predicted octanol–water partition coefficient (Wildman–Crippen LogP) is 5.06. The van der Waals surface area contributed by atoms with Crippen molar-refractivity contribution >= 4 is 16.9 Å². The van der Waals surface area contributed by atoms with Crippen LogP contribution in [-0.4, -0.2) is 11.1 Å². The molecule has 0 unspecified atom stereocenters. The molecule has 0 atom stereocenters. The number of para-hydroxylation sites is 1. The van der Waals surface area contributed by atoms with Crippen molar-refractivity contribution in [3.8, 4) is 11.5 Å². The van der Waals surface area contributed by atoms with Crippen molar-refractivity contribution < 1.29 is 18.5 Å². The summed E-state index contributed by atoms with van der Waals surface area (Å²) in [5.74, 6) is 0.703. The standard InChI is InChI=1S/C21H17NO4/c1-13-7-14(2)9-16(8-13)21(23)24-12-17-11-20(26-22-17)19-10-15-5-3-4-6-18(15)25-19/h3-11H,12H2,1-2H3. The number of furan rings is 1. The van der Waals surface area contributed by atoms with Crippen molar-refractivity contribution in [2.75, 3.05) is 0 Å². The highest BCUT2D eigenvalue weighted by Crippen LogP contribution is 2.28. The lowest BCUT2D eigenvalue weighted by atomic mass is 10.1. The zero-order chi connectivity index (χ0) is 18.1. The van der Waals surface area contributed by atoms with Gasteiger partial charge in [-0.25, -0.2) is 4.79 Å². The minimum absolute atomic E-state index is 0.0373. The molecule has 4 rings (SSSR count). The Morgan fingerprint density at radius 2 is 1.77 bits per heavy atom. The summed E-state index contributed by atoms with van der Waals surface area (Å²) in [6.45, 7) is 3.93. The van der Waals surface area contributed by atoms with E-state index in [4.69, 9.17) is 13.7 Å². The lowest BCUT2D eigenvalue weighted by molar-refractivity contribution is 0.0464. The maximum atomic E-state index is 12.2. The van der Waals surface area contributed by atoms with Crippen molar-refractivity contribution in [2.24, 2.45) is 0 Å². The first-order valence-electron chi connectivity index (χ1n) is 8.28. The summed E-state index contributed by atoms with van der Waals surface area (Å²) < 4.78 is 16.4. The first kappa shape index (κ1) is 16.1. The fourth-order valence-corrected chi connectivity index (χ4v) is 2.91. The second-order valence-corrected chi connectivity index (χ2v) is 6.28. The van der Waals surface area contributed by atoms with Gasteiger partial charge >= 0.3 is 5.97 Å². The molecule has 0 saturated carbocycles. The van der Waals surface area contributed by atoms with Gasteiger partial charge in [-0.2, -0.15) is 0 Å². The molecular formula is C21H17NO4. The molecule has 4 aromatic rings. The normalized spacial score (nSPS) is 11.0. The topological polar surface area (TPSA) is 65.5 Å². The maximum Gasteiger partial charge on any atom is 0.338 e. The van der Waals surface area contributed by atoms with Gasteiger partial charge in [0.05, 0.1) is 5.56 Å². The van der Waals surface area contributed by atoms with E-state index in [1.54, 1.807) is 18.2 Å². The Labute approximate surface area is 150 Å². The zero-order valence-corrected chi connectivity index (χ0v) is 14.5. The van der Waals surface area contributed by atoms with Crippen molar-refractivity contribution in [3.05, 3.63) is 77.0 Å². The number of fused-ring (bicyclic) bond motifs is 1. The summed E-state index contributed by atoms with van der Waals surface area (Å²) in [5.41, 5.74) is 3.87. The summed E-state index contributed by atoms with van der Waals surface area (Å²) in [7, 11) is 0. The lowest BCUT2D eigenvalue weighted by Gasteiger charge is -2.05. The number of ether oxygens (including phenoxy) is 1. The average molecular weight is 347 g/mol. The number of aromatic nitrogens is 1. The largest absolute Gasteiger partial charge is 0.455 e. The molecule has 0 aliphatic carbocycles. The molecular weight excluding hydrogens is 330 g/mol. The Morgan fingerprint density at radius 3 is 2.54 bits per heavy atom. The van der Waals surface area contributed by atoms with Crippen LogP contribution in [0.4, 0.5) is 0 Å². The average Bonchev–Trinajstić information content (AvgIpc) is 3.25. The third-order valence-electron chi connectivity index (χ3n) is 4.04. The maximum absolute atomic E-state index is 12.2. The number of hydrogen-bond acceptors (Lipinski definition) is 5. The van der Waals surface area contributed by atoms with E-state index >= 15 is 0 Å². The molecule has 26 heavy (non-hydrogen) atoms. The fourth-order valence-electron chi connectivity index (χ4n) is 2.91. The van der Waals surface area contributed by atoms with Crippen molar-refractivity contribution in [3.63, 3.8) is 0 Å². The van der Waals surface area contributed by atoms with Crippen LogP contribution in [-0.2, 0) is 11.3 Å². The minimum Gasteiger partial charge on any atom is -0.455 e. The molecule has 5 heteroatoms. The molecule has 0 fully saturated rings. The first-order valence-corrected chi connectivity index (χ1v) is 8.28. The number of hydrogen-bond donors (Lipinski definition) is 0. The van der Waals surface area contributed by atoms with Crippen molar-refractivity contribution in [1.29, 1.82) is 0 Å². The molecule has 0 N–H and O–H groups in total. The Morgan fingerprint density at radius 1 is 1.00 bits per heavy atom. The SMILES string of the molecule is Cc1cc(C)cc(C(=O)OCc2cc(-c3cc4ccccc4o3)on2)c1. The monoisotopic (exact) mass is 347 g/mol. The highest BCUT2D eigenvalue weighted by atomic mass is 16.5. The molecule has 0 spiro atoms. The molecule has 0 amide bonds. The van der Waals surface area contributed by atoms with E-state index in [9.17, 15) is 4.79 Å². The van der Waals surface area contributed by atoms with E-state index < -0.39 is 0 Å². The lowest BCUT2D eigenvalue weighted by Crippen LogP contribution is -2.06. The Bertz CT molecular complexity index is 1040. The van der Waals surface area contributed by atoms with Crippen LogP contribution in [0.1, 0.15) is 27.2 Å². The van der Waals surface area contributed by atoms with Crippen LogP contribution in [0.25, 0.3) is 22.5 Å². The van der Waals surface area contributed by atoms with Gasteiger partial charge in [-0.3, -0.25) is 0 Å². The summed E-state index contributed by atoms with van der Waals surface area (Å²) in [6.07, 6.45) is 0. The van der Waals surface area contributed by atoms with Crippen LogP contribution in [0.15, 0.2) is 63.5 Å². The van der Waals surface area contributed by atoms with E-state index in [0.29, 0.717) is 22.8 Å². The van der Waals surface area contributed by atoms with Crippen LogP contribution in [0.5, 0.6) is 0 Å². The highest BCUT2D eigenvalue weighted by molar-refractivity contribution is 5.89. The van der Waals surface area contributed by atoms with Gasteiger partial charge in [-0.1, -0.05) is 40.5 Å². The van der Waals surface area contributed by atoms with E-state index in [1.807, 2.05) is 50.2 Å². The number of carbonyl (C=O) groups excluding carboxylic acids is 1.